The third-order valence-corrected chi connectivity index (χ3v) is 9.47. The third kappa shape index (κ3) is 14.1. The van der Waals surface area contributed by atoms with Crippen LogP contribution in [-0.4, -0.2) is 47.8 Å². The molecule has 37 heavy (non-hydrogen) atoms. The summed E-state index contributed by atoms with van der Waals surface area (Å²) in [6, 6.07) is 17.6. The Bertz CT molecular complexity index is 898. The highest BCUT2D eigenvalue weighted by molar-refractivity contribution is 8.77. The molecule has 0 unspecified atom stereocenters. The summed E-state index contributed by atoms with van der Waals surface area (Å²) in [5, 5.41) is 0. The third-order valence-electron chi connectivity index (χ3n) is 5.29. The van der Waals surface area contributed by atoms with Gasteiger partial charge in [0.2, 0.25) is 0 Å². The second kappa shape index (κ2) is 16.9. The van der Waals surface area contributed by atoms with E-state index in [0.717, 1.165) is 24.6 Å². The molecule has 0 aromatic heterocycles. The van der Waals surface area contributed by atoms with E-state index in [-0.39, 0.29) is 23.2 Å². The number of thioether (sulfide) groups is 2. The van der Waals surface area contributed by atoms with Crippen molar-refractivity contribution in [3.63, 3.8) is 0 Å². The molecule has 0 bridgehead atoms. The number of nitrogens with zero attached hydrogens (tertiary/aromatic N) is 2. The molecule has 9 heteroatoms. The minimum absolute atomic E-state index is 0. The van der Waals surface area contributed by atoms with Gasteiger partial charge in [-0.05, 0) is 46.2 Å². The highest BCUT2D eigenvalue weighted by Crippen LogP contribution is 2.27. The first kappa shape index (κ1) is 34.1. The van der Waals surface area contributed by atoms with Crippen molar-refractivity contribution in [3.8, 4) is 0 Å². The molecule has 2 aromatic rings. The maximum Gasteiger partial charge on any atom is 0.105 e. The van der Waals surface area contributed by atoms with Crippen LogP contribution in [0.2, 0.25) is 0 Å². The van der Waals surface area contributed by atoms with Gasteiger partial charge in [-0.2, -0.15) is 0 Å². The minimum atomic E-state index is 0. The van der Waals surface area contributed by atoms with Gasteiger partial charge in [-0.25, -0.2) is 0 Å². The SMILES string of the molecule is CC(C)(C)c1ccc(SCCN=C(N)CSSCC(N)=NCCSc2ccc(C(C)(C)C)cc2)cc1.Cl. The van der Waals surface area contributed by atoms with Crippen LogP contribution in [0.15, 0.2) is 68.3 Å². The van der Waals surface area contributed by atoms with Gasteiger partial charge in [-0.15, -0.1) is 35.9 Å². The van der Waals surface area contributed by atoms with Crippen LogP contribution in [0.3, 0.4) is 0 Å². The average Bonchev–Trinajstić information content (AvgIpc) is 2.82. The molecule has 0 radical (unpaired) electrons. The van der Waals surface area contributed by atoms with Gasteiger partial charge in [-0.3, -0.25) is 9.98 Å². The molecule has 206 valence electrons. The van der Waals surface area contributed by atoms with Crippen molar-refractivity contribution in [1.29, 1.82) is 0 Å². The fourth-order valence-corrected chi connectivity index (χ4v) is 6.41. The second-order valence-corrected chi connectivity index (χ2v) is 15.3. The van der Waals surface area contributed by atoms with Crippen LogP contribution in [0, 0.1) is 0 Å². The van der Waals surface area contributed by atoms with Gasteiger partial charge in [-0.1, -0.05) is 87.4 Å². The number of amidine groups is 2. The average molecular weight is 599 g/mol. The number of aliphatic imine (C=N–C) groups is 2. The van der Waals surface area contributed by atoms with Crippen molar-refractivity contribution in [2.24, 2.45) is 21.5 Å². The van der Waals surface area contributed by atoms with Crippen molar-refractivity contribution in [3.05, 3.63) is 59.7 Å². The Morgan fingerprint density at radius 1 is 0.622 bits per heavy atom. The number of hydrogen-bond donors (Lipinski definition) is 2. The van der Waals surface area contributed by atoms with Crippen LogP contribution in [-0.2, 0) is 10.8 Å². The molecule has 0 amide bonds. The monoisotopic (exact) mass is 598 g/mol. The quantitative estimate of drug-likeness (QED) is 0.0809. The zero-order valence-corrected chi connectivity index (χ0v) is 27.0. The van der Waals surface area contributed by atoms with Gasteiger partial charge >= 0.3 is 0 Å². The summed E-state index contributed by atoms with van der Waals surface area (Å²) in [7, 11) is 3.35. The largest absolute Gasteiger partial charge is 0.387 e. The predicted octanol–water partition coefficient (Wildman–Crippen LogP) is 7.68. The highest BCUT2D eigenvalue weighted by Gasteiger charge is 2.13. The highest BCUT2D eigenvalue weighted by atomic mass is 35.5. The van der Waals surface area contributed by atoms with Crippen LogP contribution >= 0.6 is 57.5 Å². The molecule has 0 aliphatic heterocycles. The summed E-state index contributed by atoms with van der Waals surface area (Å²) in [6.07, 6.45) is 0. The Kier molecular flexibility index (Phi) is 15.6. The first-order valence-corrected chi connectivity index (χ1v) is 16.7. The number of hydrogen-bond acceptors (Lipinski definition) is 6. The zero-order valence-electron chi connectivity index (χ0n) is 23.0. The van der Waals surface area contributed by atoms with E-state index in [1.165, 1.54) is 20.9 Å². The molecule has 2 rings (SSSR count). The van der Waals surface area contributed by atoms with Crippen LogP contribution in [0.1, 0.15) is 52.7 Å². The van der Waals surface area contributed by atoms with Gasteiger partial charge in [0, 0.05) is 21.3 Å². The smallest absolute Gasteiger partial charge is 0.105 e. The van der Waals surface area contributed by atoms with E-state index in [0.29, 0.717) is 23.2 Å². The van der Waals surface area contributed by atoms with Gasteiger partial charge in [0.25, 0.3) is 0 Å². The zero-order chi connectivity index (χ0) is 26.6. The van der Waals surface area contributed by atoms with E-state index in [1.54, 1.807) is 21.6 Å². The topological polar surface area (TPSA) is 76.8 Å². The number of rotatable bonds is 13. The van der Waals surface area contributed by atoms with Gasteiger partial charge in [0.1, 0.15) is 11.7 Å². The second-order valence-electron chi connectivity index (χ2n) is 10.5. The van der Waals surface area contributed by atoms with E-state index in [1.807, 2.05) is 23.5 Å². The normalized spacial score (nSPS) is 12.9. The van der Waals surface area contributed by atoms with E-state index < -0.39 is 0 Å². The molecule has 0 fully saturated rings. The molecular formula is C28H43ClN4S4. The fourth-order valence-electron chi connectivity index (χ4n) is 3.10. The van der Waals surface area contributed by atoms with Crippen molar-refractivity contribution < 1.29 is 0 Å². The number of nitrogens with two attached hydrogens (primary N) is 2. The van der Waals surface area contributed by atoms with E-state index in [9.17, 15) is 0 Å². The predicted molar refractivity (Wildman–Crippen MR) is 177 cm³/mol. The van der Waals surface area contributed by atoms with Crippen molar-refractivity contribution in [2.45, 2.75) is 62.2 Å². The summed E-state index contributed by atoms with van der Waals surface area (Å²) in [5.41, 5.74) is 15.2. The lowest BCUT2D eigenvalue weighted by molar-refractivity contribution is 0.589. The summed E-state index contributed by atoms with van der Waals surface area (Å²) in [6.45, 7) is 14.9. The standard InChI is InChI=1S/C28H42N4S4.ClH/c1-27(2,3)21-7-11-23(12-8-21)33-17-15-31-25(29)19-35-36-20-26(30)32-16-18-34-24-13-9-22(10-14-24)28(4,5)6;/h7-14H,15-20H2,1-6H3,(H2,29,31)(H2,30,32);1H. The molecular weight excluding hydrogens is 556 g/mol. The molecule has 0 atom stereocenters. The molecule has 2 aromatic carbocycles. The first-order valence-electron chi connectivity index (χ1n) is 12.2. The van der Waals surface area contributed by atoms with Crippen molar-refractivity contribution >= 4 is 69.2 Å². The Morgan fingerprint density at radius 2 is 0.946 bits per heavy atom. The van der Waals surface area contributed by atoms with Crippen LogP contribution in [0.25, 0.3) is 0 Å². The molecule has 0 saturated heterocycles. The molecule has 4 nitrogen and oxygen atoms in total. The van der Waals surface area contributed by atoms with Crippen LogP contribution in [0.4, 0.5) is 0 Å². The van der Waals surface area contributed by atoms with Gasteiger partial charge in [0.05, 0.1) is 24.6 Å². The van der Waals surface area contributed by atoms with E-state index in [2.05, 4.69) is 100 Å². The molecule has 0 aliphatic carbocycles. The molecule has 0 aliphatic rings. The van der Waals surface area contributed by atoms with E-state index in [4.69, 9.17) is 11.5 Å². The Hall–Kier alpha value is -0.930. The number of benzene rings is 2. The molecule has 0 spiro atoms. The summed E-state index contributed by atoms with van der Waals surface area (Å²) in [5.74, 6) is 4.60. The van der Waals surface area contributed by atoms with Crippen molar-refractivity contribution in [2.75, 3.05) is 36.1 Å². The summed E-state index contributed by atoms with van der Waals surface area (Å²) >= 11 is 3.63. The maximum atomic E-state index is 6.07. The molecule has 0 saturated carbocycles. The van der Waals surface area contributed by atoms with Crippen LogP contribution < -0.4 is 11.5 Å². The Morgan fingerprint density at radius 3 is 1.24 bits per heavy atom. The molecule has 4 N–H and O–H groups in total. The lowest BCUT2D eigenvalue weighted by Crippen LogP contribution is -2.17. The lowest BCUT2D eigenvalue weighted by Gasteiger charge is -2.19. The summed E-state index contributed by atoms with van der Waals surface area (Å²) < 4.78 is 0. The van der Waals surface area contributed by atoms with Crippen LogP contribution in [0.5, 0.6) is 0 Å². The van der Waals surface area contributed by atoms with Gasteiger partial charge in [0.15, 0.2) is 0 Å². The molecule has 0 heterocycles. The number of halogens is 1. The van der Waals surface area contributed by atoms with Crippen molar-refractivity contribution in [1.82, 2.24) is 0 Å². The summed E-state index contributed by atoms with van der Waals surface area (Å²) in [4.78, 5) is 11.5. The minimum Gasteiger partial charge on any atom is -0.387 e. The fraction of sp³-hybridized carbons (Fsp3) is 0.500. The Balaban J connectivity index is 0.00000684. The first-order chi connectivity index (χ1) is 16.9. The Labute approximate surface area is 247 Å². The van der Waals surface area contributed by atoms with E-state index >= 15 is 0 Å². The van der Waals surface area contributed by atoms with Gasteiger partial charge < -0.3 is 11.5 Å². The maximum absolute atomic E-state index is 6.07. The lowest BCUT2D eigenvalue weighted by atomic mass is 9.87.